The van der Waals surface area contributed by atoms with Crippen LogP contribution in [0.4, 0.5) is 0 Å². The maximum atomic E-state index is 12.5. The molecule has 3 aliphatic heterocycles. The van der Waals surface area contributed by atoms with E-state index in [1.165, 1.54) is 9.78 Å². The fourth-order valence-electron chi connectivity index (χ4n) is 5.04. The minimum absolute atomic E-state index is 0.0962. The van der Waals surface area contributed by atoms with Crippen molar-refractivity contribution in [3.63, 3.8) is 0 Å². The summed E-state index contributed by atoms with van der Waals surface area (Å²) >= 11 is 9.33. The Balaban J connectivity index is 1.28. The zero-order chi connectivity index (χ0) is 22.0. The lowest BCUT2D eigenvalue weighted by Crippen LogP contribution is -2.63. The molecule has 31 heavy (non-hydrogen) atoms. The van der Waals surface area contributed by atoms with Gasteiger partial charge in [0.15, 0.2) is 0 Å². The first kappa shape index (κ1) is 21.3. The van der Waals surface area contributed by atoms with Gasteiger partial charge in [0.25, 0.3) is 0 Å². The van der Waals surface area contributed by atoms with Crippen molar-refractivity contribution in [2.45, 2.75) is 50.1 Å². The third kappa shape index (κ3) is 3.39. The third-order valence-electron chi connectivity index (χ3n) is 6.46. The van der Waals surface area contributed by atoms with Gasteiger partial charge in [-0.1, -0.05) is 6.92 Å². The van der Waals surface area contributed by atoms with Crippen LogP contribution in [-0.4, -0.2) is 66.4 Å². The van der Waals surface area contributed by atoms with Gasteiger partial charge < -0.3 is 20.4 Å². The predicted octanol–water partition coefficient (Wildman–Crippen LogP) is 2.21. The first-order valence-electron chi connectivity index (χ1n) is 10.3. The molecule has 2 saturated heterocycles. The average molecular weight is 483 g/mol. The molecule has 3 aliphatic rings. The number of nitrogens with zero attached hydrogens (tertiary/aromatic N) is 3. The second kappa shape index (κ2) is 7.77. The molecule has 11 heteroatoms. The fourth-order valence-corrected chi connectivity index (χ4v) is 7.86. The number of nitrogens with one attached hydrogen (secondary N) is 1. The van der Waals surface area contributed by atoms with Crippen LogP contribution < -0.4 is 5.32 Å². The van der Waals surface area contributed by atoms with E-state index in [0.717, 1.165) is 29.1 Å². The van der Waals surface area contributed by atoms with E-state index in [1.54, 1.807) is 36.2 Å². The van der Waals surface area contributed by atoms with Crippen molar-refractivity contribution in [1.82, 2.24) is 19.6 Å². The van der Waals surface area contributed by atoms with E-state index in [0.29, 0.717) is 11.3 Å². The van der Waals surface area contributed by atoms with Gasteiger partial charge in [-0.15, -0.1) is 23.1 Å². The fraction of sp³-hybridized carbons (Fsp3) is 0.550. The van der Waals surface area contributed by atoms with Crippen LogP contribution in [0.5, 0.6) is 0 Å². The molecule has 0 bridgehead atoms. The number of aliphatic hydroxyl groups excluding tert-OH is 1. The van der Waals surface area contributed by atoms with E-state index in [1.807, 2.05) is 17.5 Å². The number of amides is 1. The number of carboxylic acid groups (broad SMARTS) is 1. The molecule has 8 nitrogen and oxygen atoms in total. The second-order valence-electron chi connectivity index (χ2n) is 8.49. The van der Waals surface area contributed by atoms with E-state index in [2.05, 4.69) is 10.3 Å². The molecule has 5 heterocycles. The average Bonchev–Trinajstić information content (AvgIpc) is 3.43. The number of hydrogen-bond acceptors (Lipinski definition) is 7. The van der Waals surface area contributed by atoms with Crippen LogP contribution >= 0.6 is 34.7 Å². The quantitative estimate of drug-likeness (QED) is 0.542. The maximum Gasteiger partial charge on any atom is 0.353 e. The summed E-state index contributed by atoms with van der Waals surface area (Å²) in [4.78, 5) is 32.9. The van der Waals surface area contributed by atoms with E-state index in [9.17, 15) is 19.8 Å². The van der Waals surface area contributed by atoms with Crippen LogP contribution in [-0.2, 0) is 16.0 Å². The second-order valence-corrected chi connectivity index (χ2v) is 11.3. The van der Waals surface area contributed by atoms with Crippen molar-refractivity contribution in [3.8, 4) is 0 Å². The highest BCUT2D eigenvalue weighted by Gasteiger charge is 2.60. The van der Waals surface area contributed by atoms with Crippen LogP contribution in [0.2, 0.25) is 5.28 Å². The molecular weight excluding hydrogens is 460 g/mol. The van der Waals surface area contributed by atoms with Crippen LogP contribution in [0.15, 0.2) is 23.0 Å². The summed E-state index contributed by atoms with van der Waals surface area (Å²) in [6.07, 6.45) is 4.79. The van der Waals surface area contributed by atoms with Crippen molar-refractivity contribution < 1.29 is 19.8 Å². The summed E-state index contributed by atoms with van der Waals surface area (Å²) in [5, 5.41) is 24.0. The molecule has 1 amide bonds. The van der Waals surface area contributed by atoms with Gasteiger partial charge in [-0.2, -0.15) is 0 Å². The molecule has 0 aliphatic carbocycles. The number of fused-ring (bicyclic) bond motifs is 2. The molecule has 3 N–H and O–H groups in total. The van der Waals surface area contributed by atoms with Crippen molar-refractivity contribution in [2.24, 2.45) is 11.8 Å². The normalized spacial score (nSPS) is 31.4. The van der Waals surface area contributed by atoms with Gasteiger partial charge >= 0.3 is 5.97 Å². The number of thiazole rings is 1. The number of thioether (sulfide) groups is 1. The molecule has 166 valence electrons. The highest BCUT2D eigenvalue weighted by molar-refractivity contribution is 8.03. The van der Waals surface area contributed by atoms with Crippen molar-refractivity contribution in [2.75, 3.05) is 6.54 Å². The lowest BCUT2D eigenvalue weighted by Gasteiger charge is -2.46. The van der Waals surface area contributed by atoms with Gasteiger partial charge in [-0.05, 0) is 31.4 Å². The number of aromatic nitrogens is 2. The van der Waals surface area contributed by atoms with Crippen molar-refractivity contribution in [1.29, 1.82) is 0 Å². The largest absolute Gasteiger partial charge is 0.477 e. The molecule has 0 aromatic carbocycles. The summed E-state index contributed by atoms with van der Waals surface area (Å²) in [7, 11) is 0. The molecule has 0 radical (unpaired) electrons. The van der Waals surface area contributed by atoms with E-state index in [-0.39, 0.29) is 28.8 Å². The van der Waals surface area contributed by atoms with Crippen molar-refractivity contribution >= 4 is 51.4 Å². The Morgan fingerprint density at radius 3 is 2.97 bits per heavy atom. The monoisotopic (exact) mass is 482 g/mol. The van der Waals surface area contributed by atoms with Gasteiger partial charge in [-0.25, -0.2) is 9.78 Å². The van der Waals surface area contributed by atoms with Crippen LogP contribution in [0.3, 0.4) is 0 Å². The number of carbonyl (C=O) groups excluding carboxylic acids is 1. The molecule has 6 atom stereocenters. The molecule has 0 saturated carbocycles. The highest BCUT2D eigenvalue weighted by Crippen LogP contribution is 2.51. The Labute approximate surface area is 192 Å². The minimum Gasteiger partial charge on any atom is -0.477 e. The van der Waals surface area contributed by atoms with Crippen molar-refractivity contribution in [3.05, 3.63) is 33.2 Å². The van der Waals surface area contributed by atoms with Gasteiger partial charge in [0.05, 0.1) is 24.3 Å². The van der Waals surface area contributed by atoms with Gasteiger partial charge in [0, 0.05) is 39.7 Å². The number of hydrogen-bond donors (Lipinski definition) is 3. The SMILES string of the molecule is C[C@@H](O)[C@H]1C(=O)N2C(C(=O)O)=C(S[C@@H]3CN[C@H](Cc4cn5c(Cl)ncc5s4)C3)[C@H](C)[C@H]12. The van der Waals surface area contributed by atoms with Crippen LogP contribution in [0.1, 0.15) is 25.1 Å². The lowest BCUT2D eigenvalue weighted by molar-refractivity contribution is -0.163. The number of halogens is 1. The van der Waals surface area contributed by atoms with E-state index >= 15 is 0 Å². The summed E-state index contributed by atoms with van der Waals surface area (Å²) in [6.45, 7) is 4.34. The molecule has 2 fully saturated rings. The van der Waals surface area contributed by atoms with E-state index in [4.69, 9.17) is 11.6 Å². The molecule has 5 rings (SSSR count). The first-order valence-corrected chi connectivity index (χ1v) is 12.3. The third-order valence-corrected chi connectivity index (χ3v) is 9.30. The molecular formula is C20H23ClN4O4S2. The topological polar surface area (TPSA) is 107 Å². The molecule has 2 aromatic heterocycles. The standard InChI is InChI=1S/C20H23ClN4O4S2/c1-8-15-14(9(2)26)18(27)25(15)16(19(28)29)17(8)31-11-3-10(22-5-11)4-12-7-24-13(30-12)6-23-20(24)21/h6-11,14-15,22,26H,3-5H2,1-2H3,(H,28,29)/t8-,9-,10+,11+,14-,15-/m1/s1. The number of aliphatic hydroxyl groups is 1. The van der Waals surface area contributed by atoms with E-state index < -0.39 is 18.0 Å². The Bertz CT molecular complexity index is 1100. The van der Waals surface area contributed by atoms with Crippen LogP contribution in [0, 0.1) is 11.8 Å². The van der Waals surface area contributed by atoms with Gasteiger partial charge in [0.1, 0.15) is 10.5 Å². The smallest absolute Gasteiger partial charge is 0.353 e. The zero-order valence-corrected chi connectivity index (χ0v) is 19.4. The zero-order valence-electron chi connectivity index (χ0n) is 17.0. The predicted molar refractivity (Wildman–Crippen MR) is 119 cm³/mol. The Morgan fingerprint density at radius 2 is 2.29 bits per heavy atom. The number of imidazole rings is 1. The highest BCUT2D eigenvalue weighted by atomic mass is 35.5. The first-order chi connectivity index (χ1) is 14.8. The lowest BCUT2D eigenvalue weighted by atomic mass is 9.79. The number of aliphatic carboxylic acids is 1. The Hall–Kier alpha value is -1.59. The summed E-state index contributed by atoms with van der Waals surface area (Å²) in [6, 6.07) is 0.0292. The number of β-lactam (4-membered cyclic amide) rings is 1. The number of carboxylic acids is 1. The molecule has 2 aromatic rings. The summed E-state index contributed by atoms with van der Waals surface area (Å²) < 4.78 is 1.88. The Morgan fingerprint density at radius 1 is 1.52 bits per heavy atom. The van der Waals surface area contributed by atoms with Gasteiger partial charge in [0.2, 0.25) is 11.2 Å². The summed E-state index contributed by atoms with van der Waals surface area (Å²) in [5.41, 5.74) is 0.100. The Kier molecular flexibility index (Phi) is 5.33. The molecule has 0 unspecified atom stereocenters. The minimum atomic E-state index is -1.07. The van der Waals surface area contributed by atoms with Gasteiger partial charge in [-0.3, -0.25) is 9.20 Å². The number of carbonyl (C=O) groups is 2. The number of rotatable bonds is 6. The summed E-state index contributed by atoms with van der Waals surface area (Å²) in [5.74, 6) is -1.98. The van der Waals surface area contributed by atoms with Crippen LogP contribution in [0.25, 0.3) is 4.83 Å². The maximum absolute atomic E-state index is 12.5. The molecule has 0 spiro atoms.